The topological polar surface area (TPSA) is 105 Å². The zero-order valence-electron chi connectivity index (χ0n) is 14.0. The highest BCUT2D eigenvalue weighted by Crippen LogP contribution is 2.32. The molecule has 0 aliphatic carbocycles. The first kappa shape index (κ1) is 17.5. The summed E-state index contributed by atoms with van der Waals surface area (Å²) in [5.74, 6) is 0.643. The van der Waals surface area contributed by atoms with E-state index in [1.54, 1.807) is 55.8 Å². The van der Waals surface area contributed by atoms with Crippen molar-refractivity contribution >= 4 is 5.82 Å². The summed E-state index contributed by atoms with van der Waals surface area (Å²) in [4.78, 5) is 16.3. The molecule has 0 saturated carbocycles. The summed E-state index contributed by atoms with van der Waals surface area (Å²) in [6.45, 7) is -0.461. The molecule has 26 heavy (non-hydrogen) atoms. The number of methoxy groups -OCH3 is 1. The Balaban J connectivity index is 2.14. The van der Waals surface area contributed by atoms with E-state index in [2.05, 4.69) is 10.3 Å². The second kappa shape index (κ2) is 7.71. The highest BCUT2D eigenvalue weighted by molar-refractivity contribution is 5.46. The normalized spacial score (nSPS) is 11.8. The lowest BCUT2D eigenvalue weighted by atomic mass is 10.0. The highest BCUT2D eigenvalue weighted by atomic mass is 16.5. The largest absolute Gasteiger partial charge is 0.502 e. The molecule has 0 spiro atoms. The van der Waals surface area contributed by atoms with Crippen molar-refractivity contribution in [3.05, 3.63) is 82.0 Å². The van der Waals surface area contributed by atoms with Gasteiger partial charge in [-0.25, -0.2) is 4.98 Å². The zero-order chi connectivity index (χ0) is 18.5. The third-order valence-electron chi connectivity index (χ3n) is 3.80. The molecule has 3 N–H and O–H groups in total. The number of nitrogens with zero attached hydrogens (tertiary/aromatic N) is 1. The minimum atomic E-state index is -0.723. The second-order valence-corrected chi connectivity index (χ2v) is 5.52. The number of aromatic nitrogens is 1. The van der Waals surface area contributed by atoms with Gasteiger partial charge in [0.1, 0.15) is 30.0 Å². The maximum Gasteiger partial charge on any atom is 0.227 e. The lowest BCUT2D eigenvalue weighted by Gasteiger charge is -2.20. The average molecular weight is 354 g/mol. The minimum absolute atomic E-state index is 0.0135. The van der Waals surface area contributed by atoms with Crippen LogP contribution in [0.5, 0.6) is 11.5 Å². The van der Waals surface area contributed by atoms with Gasteiger partial charge >= 0.3 is 0 Å². The van der Waals surface area contributed by atoms with Gasteiger partial charge in [-0.2, -0.15) is 0 Å². The SMILES string of the molecule is COc1cccc([C@H](Nc2ccccn2)c2oc(CO)cc(=O)c2O)c1. The summed E-state index contributed by atoms with van der Waals surface area (Å²) in [6, 6.07) is 12.8. The first-order chi connectivity index (χ1) is 12.6. The van der Waals surface area contributed by atoms with Crippen molar-refractivity contribution in [2.75, 3.05) is 12.4 Å². The molecule has 1 aromatic carbocycles. The van der Waals surface area contributed by atoms with Gasteiger partial charge in [0, 0.05) is 12.3 Å². The smallest absolute Gasteiger partial charge is 0.227 e. The van der Waals surface area contributed by atoms with Gasteiger partial charge in [0.2, 0.25) is 11.2 Å². The fourth-order valence-corrected chi connectivity index (χ4v) is 2.55. The van der Waals surface area contributed by atoms with Crippen LogP contribution in [-0.2, 0) is 6.61 Å². The van der Waals surface area contributed by atoms with Crippen molar-refractivity contribution in [1.82, 2.24) is 4.98 Å². The van der Waals surface area contributed by atoms with E-state index in [-0.39, 0.29) is 11.5 Å². The Morgan fingerprint density at radius 3 is 2.77 bits per heavy atom. The monoisotopic (exact) mass is 354 g/mol. The molecular weight excluding hydrogens is 336 g/mol. The van der Waals surface area contributed by atoms with Crippen LogP contribution in [-0.4, -0.2) is 22.3 Å². The van der Waals surface area contributed by atoms with E-state index in [1.807, 2.05) is 0 Å². The van der Waals surface area contributed by atoms with Crippen molar-refractivity contribution in [2.45, 2.75) is 12.6 Å². The lowest BCUT2D eigenvalue weighted by molar-refractivity contribution is 0.234. The van der Waals surface area contributed by atoms with E-state index in [0.717, 1.165) is 6.07 Å². The number of hydrogen-bond donors (Lipinski definition) is 3. The van der Waals surface area contributed by atoms with Crippen LogP contribution in [0.3, 0.4) is 0 Å². The Bertz CT molecular complexity index is 940. The molecule has 2 heterocycles. The molecule has 0 radical (unpaired) electrons. The molecule has 3 rings (SSSR count). The maximum atomic E-state index is 12.0. The first-order valence-electron chi connectivity index (χ1n) is 7.90. The van der Waals surface area contributed by atoms with Crippen molar-refractivity contribution < 1.29 is 19.4 Å². The van der Waals surface area contributed by atoms with Crippen LogP contribution >= 0.6 is 0 Å². The summed E-state index contributed by atoms with van der Waals surface area (Å²) in [5.41, 5.74) is 0.0505. The van der Waals surface area contributed by atoms with Gasteiger partial charge in [-0.15, -0.1) is 0 Å². The van der Waals surface area contributed by atoms with Crippen molar-refractivity contribution in [1.29, 1.82) is 0 Å². The Morgan fingerprint density at radius 2 is 2.08 bits per heavy atom. The number of pyridine rings is 1. The molecule has 134 valence electrons. The van der Waals surface area contributed by atoms with Gasteiger partial charge in [-0.3, -0.25) is 4.79 Å². The van der Waals surface area contributed by atoms with E-state index in [1.165, 1.54) is 0 Å². The van der Waals surface area contributed by atoms with E-state index < -0.39 is 23.8 Å². The Morgan fingerprint density at radius 1 is 1.23 bits per heavy atom. The van der Waals surface area contributed by atoms with E-state index in [4.69, 9.17) is 9.15 Å². The maximum absolute atomic E-state index is 12.0. The predicted octanol–water partition coefficient (Wildman–Crippen LogP) is 2.44. The Labute approximate surface area is 149 Å². The van der Waals surface area contributed by atoms with E-state index in [9.17, 15) is 15.0 Å². The number of hydrogen-bond acceptors (Lipinski definition) is 7. The minimum Gasteiger partial charge on any atom is -0.502 e. The average Bonchev–Trinajstić information content (AvgIpc) is 2.69. The molecular formula is C19H18N2O5. The molecule has 0 saturated heterocycles. The van der Waals surface area contributed by atoms with Gasteiger partial charge in [-0.1, -0.05) is 18.2 Å². The highest BCUT2D eigenvalue weighted by Gasteiger charge is 2.24. The molecule has 1 atom stereocenters. The number of aromatic hydroxyl groups is 1. The molecule has 0 amide bonds. The molecule has 2 aromatic heterocycles. The molecule has 0 aliphatic heterocycles. The summed E-state index contributed by atoms with van der Waals surface area (Å²) < 4.78 is 10.8. The number of aliphatic hydroxyl groups excluding tert-OH is 1. The van der Waals surface area contributed by atoms with Gasteiger partial charge in [0.25, 0.3) is 0 Å². The third kappa shape index (κ3) is 3.68. The van der Waals surface area contributed by atoms with Gasteiger partial charge in [0.05, 0.1) is 7.11 Å². The van der Waals surface area contributed by atoms with Gasteiger partial charge in [-0.05, 0) is 29.8 Å². The van der Waals surface area contributed by atoms with Crippen LogP contribution in [0.4, 0.5) is 5.82 Å². The molecule has 7 nitrogen and oxygen atoms in total. The molecule has 0 aliphatic rings. The third-order valence-corrected chi connectivity index (χ3v) is 3.80. The van der Waals surface area contributed by atoms with Crippen LogP contribution in [0.25, 0.3) is 0 Å². The van der Waals surface area contributed by atoms with Crippen LogP contribution in [0.2, 0.25) is 0 Å². The van der Waals surface area contributed by atoms with Crippen LogP contribution in [0.1, 0.15) is 23.1 Å². The Kier molecular flexibility index (Phi) is 5.19. The second-order valence-electron chi connectivity index (χ2n) is 5.52. The standard InChI is InChI=1S/C19H18N2O5/c1-25-13-6-4-5-12(9-13)17(21-16-7-2-3-8-20-16)19-18(24)15(23)10-14(11-22)26-19/h2-10,17,22,24H,11H2,1H3,(H,20,21)/t17-/m0/s1. The Hall–Kier alpha value is -3.32. The first-order valence-corrected chi connectivity index (χ1v) is 7.90. The molecule has 0 unspecified atom stereocenters. The summed E-state index contributed by atoms with van der Waals surface area (Å²) in [5, 5.41) is 22.8. The molecule has 0 fully saturated rings. The number of anilines is 1. The fourth-order valence-electron chi connectivity index (χ4n) is 2.55. The number of ether oxygens (including phenoxy) is 1. The molecule has 0 bridgehead atoms. The molecule has 3 aromatic rings. The van der Waals surface area contributed by atoms with E-state index in [0.29, 0.717) is 17.1 Å². The van der Waals surface area contributed by atoms with Gasteiger partial charge in [0.15, 0.2) is 5.76 Å². The number of benzene rings is 1. The summed E-state index contributed by atoms with van der Waals surface area (Å²) in [6.07, 6.45) is 1.62. The number of rotatable bonds is 6. The number of aliphatic hydroxyl groups is 1. The van der Waals surface area contributed by atoms with Crippen molar-refractivity contribution in [2.24, 2.45) is 0 Å². The molecule has 7 heteroatoms. The summed E-state index contributed by atoms with van der Waals surface area (Å²) >= 11 is 0. The fraction of sp³-hybridized carbons (Fsp3) is 0.158. The van der Waals surface area contributed by atoms with Crippen LogP contribution in [0, 0.1) is 0 Å². The van der Waals surface area contributed by atoms with E-state index >= 15 is 0 Å². The summed E-state index contributed by atoms with van der Waals surface area (Å²) in [7, 11) is 1.55. The van der Waals surface area contributed by atoms with Crippen molar-refractivity contribution in [3.8, 4) is 11.5 Å². The van der Waals surface area contributed by atoms with Gasteiger partial charge < -0.3 is 24.7 Å². The van der Waals surface area contributed by atoms with Crippen LogP contribution in [0.15, 0.2) is 63.9 Å². The predicted molar refractivity (Wildman–Crippen MR) is 95.3 cm³/mol. The number of nitrogens with one attached hydrogen (secondary N) is 1. The zero-order valence-corrected chi connectivity index (χ0v) is 14.0. The lowest BCUT2D eigenvalue weighted by Crippen LogP contribution is -2.17. The van der Waals surface area contributed by atoms with Crippen molar-refractivity contribution in [3.63, 3.8) is 0 Å². The quantitative estimate of drug-likeness (QED) is 0.624. The van der Waals surface area contributed by atoms with Crippen LogP contribution < -0.4 is 15.5 Å².